The number of amidine groups is 1. The zero-order valence-corrected chi connectivity index (χ0v) is 10.1. The van der Waals surface area contributed by atoms with Crippen LogP contribution in [0.15, 0.2) is 16.3 Å². The van der Waals surface area contributed by atoms with Gasteiger partial charge in [-0.05, 0) is 0 Å². The molecule has 1 aliphatic heterocycles. The zero-order valence-electron chi connectivity index (χ0n) is 9.34. The van der Waals surface area contributed by atoms with Crippen LogP contribution in [0.1, 0.15) is 0 Å². The van der Waals surface area contributed by atoms with Crippen molar-refractivity contribution >= 4 is 23.3 Å². The number of hydrogen-bond donors (Lipinski definition) is 3. The first-order valence-electron chi connectivity index (χ1n) is 5.20. The summed E-state index contributed by atoms with van der Waals surface area (Å²) in [6, 6.07) is 0. The van der Waals surface area contributed by atoms with Crippen molar-refractivity contribution in [1.82, 2.24) is 9.97 Å². The van der Waals surface area contributed by atoms with Crippen LogP contribution in [0.2, 0.25) is 5.02 Å². The second-order valence-corrected chi connectivity index (χ2v) is 4.08. The topological polar surface area (TPSA) is 117 Å². The maximum atomic E-state index is 11.4. The van der Waals surface area contributed by atoms with Crippen molar-refractivity contribution < 1.29 is 9.94 Å². The van der Waals surface area contributed by atoms with Gasteiger partial charge in [-0.1, -0.05) is 16.8 Å². The fourth-order valence-electron chi connectivity index (χ4n) is 1.68. The minimum Gasteiger partial charge on any atom is -0.409 e. The number of nitrogens with two attached hydrogens (primary N) is 1. The van der Waals surface area contributed by atoms with Crippen LogP contribution in [-0.4, -0.2) is 46.8 Å². The van der Waals surface area contributed by atoms with Crippen molar-refractivity contribution in [2.75, 3.05) is 24.6 Å². The molecule has 0 aromatic carbocycles. The lowest BCUT2D eigenvalue weighted by molar-refractivity contribution is 0.0804. The summed E-state index contributed by atoms with van der Waals surface area (Å²) in [5.74, 6) is 0.333. The molecule has 0 aliphatic carbocycles. The molecule has 1 aromatic rings. The van der Waals surface area contributed by atoms with E-state index in [4.69, 9.17) is 27.3 Å². The monoisotopic (exact) mass is 273 g/mol. The highest BCUT2D eigenvalue weighted by molar-refractivity contribution is 6.32. The third-order valence-electron chi connectivity index (χ3n) is 2.59. The molecule has 1 aliphatic rings. The second kappa shape index (κ2) is 5.23. The summed E-state index contributed by atoms with van der Waals surface area (Å²) in [7, 11) is 0. The van der Waals surface area contributed by atoms with Gasteiger partial charge in [-0.25, -0.2) is 4.98 Å². The summed E-state index contributed by atoms with van der Waals surface area (Å²) >= 11 is 5.89. The minimum absolute atomic E-state index is 0.0117. The Labute approximate surface area is 107 Å². The van der Waals surface area contributed by atoms with E-state index in [-0.39, 0.29) is 10.9 Å². The quantitative estimate of drug-likeness (QED) is 0.286. The van der Waals surface area contributed by atoms with Gasteiger partial charge in [0, 0.05) is 6.54 Å². The van der Waals surface area contributed by atoms with Gasteiger partial charge in [0.05, 0.1) is 19.5 Å². The molecule has 98 valence electrons. The molecule has 0 saturated carbocycles. The Morgan fingerprint density at radius 1 is 1.78 bits per heavy atom. The summed E-state index contributed by atoms with van der Waals surface area (Å²) in [4.78, 5) is 19.5. The smallest absolute Gasteiger partial charge is 0.271 e. The van der Waals surface area contributed by atoms with Gasteiger partial charge in [0.1, 0.15) is 11.1 Å². The molecule has 9 heteroatoms. The minimum atomic E-state index is -0.555. The average molecular weight is 274 g/mol. The molecular formula is C9H12ClN5O3. The zero-order chi connectivity index (χ0) is 13.1. The molecule has 0 spiro atoms. The Balaban J connectivity index is 2.23. The van der Waals surface area contributed by atoms with Crippen LogP contribution in [0.5, 0.6) is 0 Å². The van der Waals surface area contributed by atoms with Crippen molar-refractivity contribution in [3.63, 3.8) is 0 Å². The molecule has 2 rings (SSSR count). The lowest BCUT2D eigenvalue weighted by Gasteiger charge is -2.33. The maximum absolute atomic E-state index is 11.4. The normalized spacial score (nSPS) is 21.1. The summed E-state index contributed by atoms with van der Waals surface area (Å²) in [5, 5.41) is 11.5. The van der Waals surface area contributed by atoms with Gasteiger partial charge in [0.15, 0.2) is 11.7 Å². The number of nitrogens with one attached hydrogen (secondary N) is 1. The Kier molecular flexibility index (Phi) is 3.68. The summed E-state index contributed by atoms with van der Waals surface area (Å²) in [5.41, 5.74) is 5.07. The summed E-state index contributed by atoms with van der Waals surface area (Å²) in [6.07, 6.45) is 0.721. The van der Waals surface area contributed by atoms with E-state index >= 15 is 0 Å². The van der Waals surface area contributed by atoms with Crippen molar-refractivity contribution in [3.8, 4) is 0 Å². The Hall–Kier alpha value is -1.80. The number of halogens is 1. The van der Waals surface area contributed by atoms with Gasteiger partial charge in [-0.15, -0.1) is 0 Å². The highest BCUT2D eigenvalue weighted by Gasteiger charge is 2.26. The van der Waals surface area contributed by atoms with Gasteiger partial charge in [-0.2, -0.15) is 0 Å². The van der Waals surface area contributed by atoms with Crippen LogP contribution >= 0.6 is 11.6 Å². The lowest BCUT2D eigenvalue weighted by atomic mass is 10.2. The molecule has 1 atom stereocenters. The van der Waals surface area contributed by atoms with Crippen LogP contribution in [0, 0.1) is 0 Å². The third-order valence-corrected chi connectivity index (χ3v) is 2.93. The first kappa shape index (κ1) is 12.7. The predicted molar refractivity (Wildman–Crippen MR) is 65.2 cm³/mol. The summed E-state index contributed by atoms with van der Waals surface area (Å²) < 4.78 is 5.34. The molecule has 1 aromatic heterocycles. The van der Waals surface area contributed by atoms with Gasteiger partial charge in [-0.3, -0.25) is 4.79 Å². The molecule has 1 saturated heterocycles. The number of hydrogen-bond acceptors (Lipinski definition) is 6. The number of ether oxygens (including phenoxy) is 1. The van der Waals surface area contributed by atoms with Crippen molar-refractivity contribution in [1.29, 1.82) is 0 Å². The standard InChI is InChI=1S/C9H12ClN5O3/c10-6-8(12-4-13-9(6)16)15-1-2-18-5(3-15)7(11)14-17/h4-5,17H,1-3H2,(H2,11,14)(H,12,13,16). The van der Waals surface area contributed by atoms with Gasteiger partial charge in [0.2, 0.25) is 0 Å². The number of morpholine rings is 1. The van der Waals surface area contributed by atoms with E-state index in [1.54, 1.807) is 4.90 Å². The average Bonchev–Trinajstić information content (AvgIpc) is 2.41. The van der Waals surface area contributed by atoms with Crippen LogP contribution in [-0.2, 0) is 4.74 Å². The van der Waals surface area contributed by atoms with E-state index in [2.05, 4.69) is 15.1 Å². The van der Waals surface area contributed by atoms with Crippen LogP contribution in [0.3, 0.4) is 0 Å². The fraction of sp³-hybridized carbons (Fsp3) is 0.444. The third kappa shape index (κ3) is 2.39. The molecule has 8 nitrogen and oxygen atoms in total. The number of oxime groups is 1. The first-order valence-corrected chi connectivity index (χ1v) is 5.58. The van der Waals surface area contributed by atoms with Crippen LogP contribution in [0.4, 0.5) is 5.82 Å². The first-order chi connectivity index (χ1) is 8.63. The van der Waals surface area contributed by atoms with E-state index in [9.17, 15) is 4.79 Å². The molecule has 2 heterocycles. The molecule has 1 unspecified atom stereocenters. The molecule has 1 fully saturated rings. The van der Waals surface area contributed by atoms with Gasteiger partial charge >= 0.3 is 0 Å². The number of nitrogens with zero attached hydrogens (tertiary/aromatic N) is 3. The van der Waals surface area contributed by atoms with E-state index < -0.39 is 11.7 Å². The second-order valence-electron chi connectivity index (χ2n) is 3.70. The largest absolute Gasteiger partial charge is 0.409 e. The van der Waals surface area contributed by atoms with Crippen LogP contribution in [0.25, 0.3) is 0 Å². The highest BCUT2D eigenvalue weighted by Crippen LogP contribution is 2.20. The van der Waals surface area contributed by atoms with Gasteiger partial charge < -0.3 is 25.6 Å². The molecule has 4 N–H and O–H groups in total. The number of aromatic amines is 1. The summed E-state index contributed by atoms with van der Waals surface area (Å²) in [6.45, 7) is 1.20. The molecule has 0 radical (unpaired) electrons. The van der Waals surface area contributed by atoms with Crippen LogP contribution < -0.4 is 16.2 Å². The van der Waals surface area contributed by atoms with E-state index in [0.717, 1.165) is 0 Å². The number of H-pyrrole nitrogens is 1. The van der Waals surface area contributed by atoms with Gasteiger partial charge in [0.25, 0.3) is 5.56 Å². The van der Waals surface area contributed by atoms with Crippen molar-refractivity contribution in [2.24, 2.45) is 10.9 Å². The van der Waals surface area contributed by atoms with E-state index in [1.165, 1.54) is 6.33 Å². The Morgan fingerprint density at radius 2 is 2.56 bits per heavy atom. The molecule has 0 amide bonds. The number of anilines is 1. The molecule has 18 heavy (non-hydrogen) atoms. The number of aromatic nitrogens is 2. The highest BCUT2D eigenvalue weighted by atomic mass is 35.5. The predicted octanol–water partition coefficient (Wildman–Crippen LogP) is -0.625. The van der Waals surface area contributed by atoms with Crippen molar-refractivity contribution in [2.45, 2.75) is 6.10 Å². The van der Waals surface area contributed by atoms with E-state index in [0.29, 0.717) is 25.5 Å². The van der Waals surface area contributed by atoms with Crippen molar-refractivity contribution in [3.05, 3.63) is 21.7 Å². The van der Waals surface area contributed by atoms with E-state index in [1.807, 2.05) is 0 Å². The molecular weight excluding hydrogens is 262 g/mol. The Morgan fingerprint density at radius 3 is 3.28 bits per heavy atom. The fourth-order valence-corrected chi connectivity index (χ4v) is 1.90. The number of rotatable bonds is 2. The SMILES string of the molecule is NC(=NO)C1CN(c2nc[nH]c(=O)c2Cl)CCO1. The maximum Gasteiger partial charge on any atom is 0.271 e. The molecule has 0 bridgehead atoms. The Bertz CT molecular complexity index is 517. The lowest BCUT2D eigenvalue weighted by Crippen LogP contribution is -2.49.